The summed E-state index contributed by atoms with van der Waals surface area (Å²) in [6.45, 7) is 0. The molecule has 0 fully saturated rings. The van der Waals surface area contributed by atoms with E-state index in [0.29, 0.717) is 0 Å². The van der Waals surface area contributed by atoms with Gasteiger partial charge in [-0.25, -0.2) is 0 Å². The van der Waals surface area contributed by atoms with E-state index in [1.54, 1.807) is 24.3 Å². The molecule has 0 amide bonds. The van der Waals surface area contributed by atoms with Crippen molar-refractivity contribution in [3.63, 3.8) is 0 Å². The molecule has 4 aromatic carbocycles. The molecule has 0 aliphatic heterocycles. The van der Waals surface area contributed by atoms with Gasteiger partial charge in [0.1, 0.15) is 5.82 Å². The van der Waals surface area contributed by atoms with Crippen molar-refractivity contribution < 1.29 is 51.2 Å². The Morgan fingerprint density at radius 1 is 0.680 bits per heavy atom. The zero-order valence-electron chi connectivity index (χ0n) is 26.2. The van der Waals surface area contributed by atoms with E-state index >= 15 is 0 Å². The van der Waals surface area contributed by atoms with Gasteiger partial charge in [-0.15, -0.1) is 24.3 Å². The zero-order chi connectivity index (χ0) is 34.5. The van der Waals surface area contributed by atoms with E-state index in [-0.39, 0.29) is 43.3 Å². The van der Waals surface area contributed by atoms with Gasteiger partial charge in [-0.2, -0.15) is 37.4 Å². The molecule has 0 saturated heterocycles. The quantitative estimate of drug-likeness (QED) is 0.126. The maximum atomic E-state index is 12.9. The molecule has 0 unspecified atom stereocenters. The van der Waals surface area contributed by atoms with Gasteiger partial charge in [0.25, 0.3) is 0 Å². The predicted octanol–water partition coefficient (Wildman–Crippen LogP) is 5.90. The summed E-state index contributed by atoms with van der Waals surface area (Å²) in [4.78, 5) is 7.05. The van der Waals surface area contributed by atoms with Crippen LogP contribution in [-0.2, 0) is 40.4 Å². The second-order valence-corrected chi connectivity index (χ2v) is 10.4. The fourth-order valence-corrected chi connectivity index (χ4v) is 4.79. The molecule has 4 heterocycles. The second kappa shape index (κ2) is 15.3. The first-order chi connectivity index (χ1) is 23.6. The van der Waals surface area contributed by atoms with E-state index in [1.807, 2.05) is 80.9 Å². The van der Waals surface area contributed by atoms with Crippen LogP contribution in [0.3, 0.4) is 0 Å². The number of aromatic nitrogens is 8. The number of halogens is 5. The number of pyridine rings is 1. The summed E-state index contributed by atoms with van der Waals surface area (Å²) < 4.78 is 69.7. The fourth-order valence-electron chi connectivity index (χ4n) is 4.79. The monoisotopic (exact) mass is 856 g/mol. The van der Waals surface area contributed by atoms with E-state index < -0.39 is 12.0 Å². The van der Waals surface area contributed by atoms with Crippen LogP contribution in [0.2, 0.25) is 0 Å². The molecule has 0 aliphatic rings. The first kappa shape index (κ1) is 35.7. The SMILES string of the molecule is C[n+]1[c-]n(-c2[c-]cc(F)cc2)c2ccccc21.C[n+]1[c-]n(-c2[c-]cc(F)cc2)c2ccccc21.FC(F)(F)c1n[n-]c(-c2ccccn2)n1.[Ir]. The van der Waals surface area contributed by atoms with Crippen molar-refractivity contribution in [2.45, 2.75) is 6.18 Å². The smallest absolute Gasteiger partial charge is 0.413 e. The van der Waals surface area contributed by atoms with E-state index in [4.69, 9.17) is 0 Å². The fraction of sp³-hybridized carbons (Fsp3) is 0.0833. The summed E-state index contributed by atoms with van der Waals surface area (Å²) in [5, 5.41) is 6.25. The zero-order valence-corrected chi connectivity index (χ0v) is 28.6. The van der Waals surface area contributed by atoms with Crippen LogP contribution in [0.1, 0.15) is 5.82 Å². The van der Waals surface area contributed by atoms with Crippen LogP contribution in [-0.4, -0.2) is 24.2 Å². The number of hydrogen-bond donors (Lipinski definition) is 0. The minimum absolute atomic E-state index is 0. The second-order valence-electron chi connectivity index (χ2n) is 10.4. The van der Waals surface area contributed by atoms with Gasteiger partial charge >= 0.3 is 6.18 Å². The molecule has 8 rings (SSSR count). The molecule has 4 aromatic heterocycles. The Labute approximate surface area is 296 Å². The Hall–Kier alpha value is -5.59. The third-order valence-corrected chi connectivity index (χ3v) is 7.07. The molecule has 50 heavy (non-hydrogen) atoms. The molecule has 0 atom stereocenters. The number of imidazole rings is 2. The topological polar surface area (TPSA) is 70.4 Å². The molecular weight excluding hydrogens is 832 g/mol. The molecule has 14 heteroatoms. The maximum Gasteiger partial charge on any atom is 0.429 e. The van der Waals surface area contributed by atoms with Crippen molar-refractivity contribution >= 4 is 22.1 Å². The van der Waals surface area contributed by atoms with Crippen LogP contribution in [0.5, 0.6) is 0 Å². The number of alkyl halides is 3. The number of hydrogen-bond acceptors (Lipinski definition) is 3. The van der Waals surface area contributed by atoms with Crippen molar-refractivity contribution in [2.24, 2.45) is 14.1 Å². The van der Waals surface area contributed by atoms with Gasteiger partial charge in [0.2, 0.25) is 12.7 Å². The molecule has 8 aromatic rings. The van der Waals surface area contributed by atoms with Crippen LogP contribution in [0, 0.1) is 36.4 Å². The van der Waals surface area contributed by atoms with Crippen molar-refractivity contribution in [1.29, 1.82) is 0 Å². The molecule has 0 aliphatic carbocycles. The summed E-state index contributed by atoms with van der Waals surface area (Å²) in [5.41, 5.74) is 6.03. The summed E-state index contributed by atoms with van der Waals surface area (Å²) in [5.74, 6) is -1.93. The van der Waals surface area contributed by atoms with E-state index in [1.165, 1.54) is 36.5 Å². The molecule has 0 spiro atoms. The van der Waals surface area contributed by atoms with Crippen LogP contribution < -0.4 is 14.2 Å². The largest absolute Gasteiger partial charge is 0.429 e. The molecule has 0 bridgehead atoms. The van der Waals surface area contributed by atoms with E-state index in [2.05, 4.69) is 45.0 Å². The summed E-state index contributed by atoms with van der Waals surface area (Å²) >= 11 is 0. The molecule has 0 saturated carbocycles. The van der Waals surface area contributed by atoms with Gasteiger partial charge < -0.3 is 28.4 Å². The molecule has 1 radical (unpaired) electrons. The van der Waals surface area contributed by atoms with Crippen LogP contribution in [0.25, 0.3) is 45.0 Å². The molecule has 8 nitrogen and oxygen atoms in total. The maximum absolute atomic E-state index is 12.9. The van der Waals surface area contributed by atoms with Gasteiger partial charge in [0.15, 0.2) is 0 Å². The van der Waals surface area contributed by atoms with Crippen LogP contribution >= 0.6 is 0 Å². The van der Waals surface area contributed by atoms with Crippen molar-refractivity contribution in [1.82, 2.24) is 29.3 Å². The Balaban J connectivity index is 0.000000145. The Kier molecular flexibility index (Phi) is 10.9. The van der Waals surface area contributed by atoms with Gasteiger partial charge in [-0.1, -0.05) is 66.0 Å². The normalized spacial score (nSPS) is 10.9. The van der Waals surface area contributed by atoms with Gasteiger partial charge in [-0.3, -0.25) is 18.9 Å². The average molecular weight is 856 g/mol. The number of aryl methyl sites for hydroxylation is 2. The van der Waals surface area contributed by atoms with Crippen molar-refractivity contribution in [3.05, 3.63) is 152 Å². The minimum Gasteiger partial charge on any atom is -0.413 e. The van der Waals surface area contributed by atoms with Gasteiger partial charge in [0, 0.05) is 37.9 Å². The third-order valence-electron chi connectivity index (χ3n) is 7.07. The summed E-state index contributed by atoms with van der Waals surface area (Å²) in [7, 11) is 3.87. The molecule has 0 N–H and O–H groups in total. The third kappa shape index (κ3) is 7.99. The first-order valence-corrected chi connectivity index (χ1v) is 14.6. The van der Waals surface area contributed by atoms with Crippen molar-refractivity contribution in [3.8, 4) is 22.9 Å². The van der Waals surface area contributed by atoms with E-state index in [0.717, 1.165) is 33.4 Å². The summed E-state index contributed by atoms with van der Waals surface area (Å²) in [6, 6.07) is 35.4. The minimum atomic E-state index is -4.57. The van der Waals surface area contributed by atoms with E-state index in [9.17, 15) is 22.0 Å². The average Bonchev–Trinajstić information content (AvgIpc) is 3.84. The van der Waals surface area contributed by atoms with Crippen molar-refractivity contribution in [2.75, 3.05) is 0 Å². The Morgan fingerprint density at radius 3 is 1.60 bits per heavy atom. The standard InChI is InChI=1S/2C14H10FN2.C8H4F3N4.Ir/c2*1-16-10-17(12-8-6-11(15)7-9-12)14-5-3-2-4-13(14)16;9-8(10,11)7-13-6(14-15-7)5-3-1-2-4-12-5;/h2*2-8H,1H3;1-4H;/q3*-1;. The number of rotatable bonds is 3. The number of benzene rings is 4. The Bertz CT molecular complexity index is 2190. The predicted molar refractivity (Wildman–Crippen MR) is 168 cm³/mol. The number of para-hydroxylation sites is 4. The van der Waals surface area contributed by atoms with Gasteiger partial charge in [0.05, 0.1) is 41.9 Å². The first-order valence-electron chi connectivity index (χ1n) is 14.6. The van der Waals surface area contributed by atoms with Gasteiger partial charge in [-0.05, 0) is 18.0 Å². The molecular formula is C36H24F5IrN8-3. The summed E-state index contributed by atoms with van der Waals surface area (Å²) in [6.07, 6.45) is 3.21. The number of nitrogens with zero attached hydrogens (tertiary/aromatic N) is 8. The van der Waals surface area contributed by atoms with Crippen LogP contribution in [0.4, 0.5) is 22.0 Å². The molecule has 255 valence electrons. The number of fused-ring (bicyclic) bond motifs is 2. The Morgan fingerprint density at radius 2 is 1.18 bits per heavy atom. The van der Waals surface area contributed by atoms with Crippen LogP contribution in [0.15, 0.2) is 109 Å².